The summed E-state index contributed by atoms with van der Waals surface area (Å²) in [4.78, 5) is 3.62. The number of aromatic nitrogens is 1. The molecular weight excluding hydrogens is 178 g/mol. The molecule has 0 atom stereocenters. The molecule has 0 spiro atoms. The van der Waals surface area contributed by atoms with Crippen molar-refractivity contribution in [3.05, 3.63) is 23.0 Å². The van der Waals surface area contributed by atoms with E-state index in [1.54, 1.807) is 6.07 Å². The van der Waals surface area contributed by atoms with E-state index in [-0.39, 0.29) is 16.2 Å². The fraction of sp³-hybridized carbons (Fsp3) is 0. The van der Waals surface area contributed by atoms with Gasteiger partial charge in [0.1, 0.15) is 11.8 Å². The van der Waals surface area contributed by atoms with E-state index >= 15 is 0 Å². The van der Waals surface area contributed by atoms with Gasteiger partial charge in [0, 0.05) is 11.7 Å². The summed E-state index contributed by atoms with van der Waals surface area (Å²) in [6.07, 6.45) is 1.20. The molecule has 0 aromatic carbocycles. The van der Waals surface area contributed by atoms with Crippen LogP contribution in [0.15, 0.2) is 12.3 Å². The van der Waals surface area contributed by atoms with Crippen LogP contribution in [0.1, 0.15) is 5.69 Å². The molecule has 0 fully saturated rings. The third-order valence-electron chi connectivity index (χ3n) is 1.28. The Bertz CT molecular complexity index is 337. The summed E-state index contributed by atoms with van der Waals surface area (Å²) in [5.41, 5.74) is 0.186. The molecule has 1 rings (SSSR count). The van der Waals surface area contributed by atoms with Gasteiger partial charge < -0.3 is 10.0 Å². The average Bonchev–Trinajstić information content (AvgIpc) is 2.05. The van der Waals surface area contributed by atoms with Crippen LogP contribution in [0.5, 0.6) is 0 Å². The van der Waals surface area contributed by atoms with E-state index in [1.165, 1.54) is 12.3 Å². The van der Waals surface area contributed by atoms with Crippen LogP contribution in [-0.4, -0.2) is 22.2 Å². The van der Waals surface area contributed by atoms with Gasteiger partial charge in [-0.3, -0.25) is 0 Å². The van der Waals surface area contributed by atoms with E-state index in [9.17, 15) is 0 Å². The van der Waals surface area contributed by atoms with Crippen molar-refractivity contribution < 1.29 is 10.0 Å². The molecule has 0 saturated carbocycles. The van der Waals surface area contributed by atoms with Crippen LogP contribution in [0.4, 0.5) is 0 Å². The highest BCUT2D eigenvalue weighted by Gasteiger charge is 2.15. The lowest BCUT2D eigenvalue weighted by atomic mass is 9.80. The third kappa shape index (κ3) is 1.74. The minimum Gasteiger partial charge on any atom is -0.423 e. The van der Waals surface area contributed by atoms with Crippen molar-refractivity contribution in [3.63, 3.8) is 0 Å². The van der Waals surface area contributed by atoms with Crippen LogP contribution in [0.25, 0.3) is 0 Å². The number of nitriles is 1. The van der Waals surface area contributed by atoms with Crippen molar-refractivity contribution >= 4 is 24.2 Å². The molecule has 0 unspecified atom stereocenters. The summed E-state index contributed by atoms with van der Waals surface area (Å²) in [6.45, 7) is 0. The highest BCUT2D eigenvalue weighted by atomic mass is 35.5. The summed E-state index contributed by atoms with van der Waals surface area (Å²) in [7, 11) is -1.67. The second kappa shape index (κ2) is 3.54. The molecule has 2 N–H and O–H groups in total. The third-order valence-corrected chi connectivity index (χ3v) is 1.59. The molecule has 4 nitrogen and oxygen atoms in total. The summed E-state index contributed by atoms with van der Waals surface area (Å²) in [6, 6.07) is 2.99. The Balaban J connectivity index is 3.19. The van der Waals surface area contributed by atoms with Crippen LogP contribution < -0.4 is 5.46 Å². The minimum absolute atomic E-state index is 0.0863. The zero-order chi connectivity index (χ0) is 9.14. The number of hydrogen-bond acceptors (Lipinski definition) is 4. The Morgan fingerprint density at radius 2 is 2.25 bits per heavy atom. The molecule has 1 heterocycles. The van der Waals surface area contributed by atoms with Crippen molar-refractivity contribution in [1.82, 2.24) is 4.98 Å². The lowest BCUT2D eigenvalue weighted by Crippen LogP contribution is -2.31. The lowest BCUT2D eigenvalue weighted by Gasteiger charge is -2.00. The number of hydrogen-bond donors (Lipinski definition) is 2. The lowest BCUT2D eigenvalue weighted by molar-refractivity contribution is 0.425. The molecule has 0 bridgehead atoms. The fourth-order valence-electron chi connectivity index (χ4n) is 0.713. The van der Waals surface area contributed by atoms with Gasteiger partial charge in [-0.2, -0.15) is 5.26 Å². The molecule has 1 aromatic heterocycles. The molecule has 0 aliphatic heterocycles. The molecule has 6 heteroatoms. The quantitative estimate of drug-likeness (QED) is 0.562. The second-order valence-corrected chi connectivity index (χ2v) is 2.48. The number of pyridine rings is 1. The topological polar surface area (TPSA) is 77.1 Å². The summed E-state index contributed by atoms with van der Waals surface area (Å²) >= 11 is 5.56. The Hall–Kier alpha value is -1.09. The predicted octanol–water partition coefficient (Wildman–Crippen LogP) is -0.714. The molecule has 12 heavy (non-hydrogen) atoms. The monoisotopic (exact) mass is 182 g/mol. The van der Waals surface area contributed by atoms with Crippen LogP contribution in [0.3, 0.4) is 0 Å². The van der Waals surface area contributed by atoms with Crippen molar-refractivity contribution in [2.45, 2.75) is 0 Å². The van der Waals surface area contributed by atoms with Gasteiger partial charge in [-0.15, -0.1) is 0 Å². The van der Waals surface area contributed by atoms with E-state index < -0.39 is 7.12 Å². The molecule has 1 aromatic rings. The first kappa shape index (κ1) is 9.01. The normalized spacial score (nSPS) is 9.17. The van der Waals surface area contributed by atoms with Crippen LogP contribution >= 0.6 is 11.6 Å². The standard InChI is InChI=1S/C6H4BClN2O2/c8-6-3-10-4(2-9)1-5(6)7(11)12/h1,3,11-12H. The van der Waals surface area contributed by atoms with Gasteiger partial charge in [0.15, 0.2) is 0 Å². The maximum Gasteiger partial charge on any atom is 0.490 e. The molecule has 0 aliphatic rings. The Labute approximate surface area is 74.2 Å². The highest BCUT2D eigenvalue weighted by molar-refractivity contribution is 6.62. The maximum absolute atomic E-state index is 8.76. The maximum atomic E-state index is 8.76. The zero-order valence-corrected chi connectivity index (χ0v) is 6.65. The second-order valence-electron chi connectivity index (χ2n) is 2.08. The van der Waals surface area contributed by atoms with Gasteiger partial charge >= 0.3 is 7.12 Å². The van der Waals surface area contributed by atoms with Gasteiger partial charge in [0.05, 0.1) is 5.02 Å². The Kier molecular flexibility index (Phi) is 2.66. The predicted molar refractivity (Wildman–Crippen MR) is 43.8 cm³/mol. The minimum atomic E-state index is -1.67. The largest absolute Gasteiger partial charge is 0.490 e. The summed E-state index contributed by atoms with van der Waals surface area (Å²) in [5, 5.41) is 26.1. The van der Waals surface area contributed by atoms with Crippen LogP contribution in [0, 0.1) is 11.3 Å². The summed E-state index contributed by atoms with van der Waals surface area (Å²) < 4.78 is 0. The van der Waals surface area contributed by atoms with Crippen molar-refractivity contribution in [2.24, 2.45) is 0 Å². The van der Waals surface area contributed by atoms with E-state index in [4.69, 9.17) is 26.9 Å². The molecule has 0 aliphatic carbocycles. The van der Waals surface area contributed by atoms with Crippen molar-refractivity contribution in [2.75, 3.05) is 0 Å². The first-order chi connectivity index (χ1) is 5.65. The van der Waals surface area contributed by atoms with E-state index in [1.807, 2.05) is 0 Å². The Morgan fingerprint density at radius 3 is 2.75 bits per heavy atom. The fourth-order valence-corrected chi connectivity index (χ4v) is 0.914. The van der Waals surface area contributed by atoms with E-state index in [2.05, 4.69) is 4.98 Å². The van der Waals surface area contributed by atoms with E-state index in [0.717, 1.165) is 0 Å². The highest BCUT2D eigenvalue weighted by Crippen LogP contribution is 2.03. The van der Waals surface area contributed by atoms with Gasteiger partial charge in [-0.25, -0.2) is 4.98 Å². The molecule has 60 valence electrons. The first-order valence-corrected chi connectivity index (χ1v) is 3.44. The number of halogens is 1. The van der Waals surface area contributed by atoms with Crippen molar-refractivity contribution in [3.8, 4) is 6.07 Å². The SMILES string of the molecule is N#Cc1cc(B(O)O)c(Cl)cn1. The average molecular weight is 182 g/mol. The molecule has 0 amide bonds. The molecule has 0 saturated heterocycles. The van der Waals surface area contributed by atoms with Gasteiger partial charge in [-0.05, 0) is 6.07 Å². The smallest absolute Gasteiger partial charge is 0.423 e. The van der Waals surface area contributed by atoms with Crippen LogP contribution in [-0.2, 0) is 0 Å². The summed E-state index contributed by atoms with van der Waals surface area (Å²) in [5.74, 6) is 0. The first-order valence-electron chi connectivity index (χ1n) is 3.07. The van der Waals surface area contributed by atoms with Crippen molar-refractivity contribution in [1.29, 1.82) is 5.26 Å². The molecular formula is C6H4BClN2O2. The van der Waals surface area contributed by atoms with E-state index in [0.29, 0.717) is 0 Å². The van der Waals surface area contributed by atoms with Crippen LogP contribution in [0.2, 0.25) is 5.02 Å². The molecule has 0 radical (unpaired) electrons. The number of rotatable bonds is 1. The van der Waals surface area contributed by atoms with Gasteiger partial charge in [-0.1, -0.05) is 11.6 Å². The van der Waals surface area contributed by atoms with Gasteiger partial charge in [0.2, 0.25) is 0 Å². The van der Waals surface area contributed by atoms with Gasteiger partial charge in [0.25, 0.3) is 0 Å². The number of nitrogens with zero attached hydrogens (tertiary/aromatic N) is 2. The Morgan fingerprint density at radius 1 is 1.58 bits per heavy atom. The zero-order valence-electron chi connectivity index (χ0n) is 5.90.